The zero-order valence-corrected chi connectivity index (χ0v) is 10.0. The first-order valence-corrected chi connectivity index (χ1v) is 6.51. The predicted molar refractivity (Wildman–Crippen MR) is 61.4 cm³/mol. The molecule has 2 aliphatic heterocycles. The molecule has 0 spiro atoms. The van der Waals surface area contributed by atoms with Crippen LogP contribution in [0.4, 0.5) is 4.79 Å². The molecule has 2 saturated heterocycles. The van der Waals surface area contributed by atoms with Crippen molar-refractivity contribution in [2.45, 2.75) is 36.6 Å². The normalized spacial score (nSPS) is 31.8. The third kappa shape index (κ3) is 2.42. The van der Waals surface area contributed by atoms with Crippen molar-refractivity contribution in [3.8, 4) is 0 Å². The van der Waals surface area contributed by atoms with Crippen LogP contribution in [0.25, 0.3) is 0 Å². The third-order valence-electron chi connectivity index (χ3n) is 3.04. The van der Waals surface area contributed by atoms with Gasteiger partial charge in [0.2, 0.25) is 0 Å². The Morgan fingerprint density at radius 1 is 1.56 bits per heavy atom. The number of carbonyl (C=O) groups is 2. The summed E-state index contributed by atoms with van der Waals surface area (Å²) in [5, 5.41) is 6.25. The van der Waals surface area contributed by atoms with Crippen LogP contribution in [0.15, 0.2) is 0 Å². The Morgan fingerprint density at radius 3 is 3.12 bits per heavy atom. The molecule has 6 heteroatoms. The van der Waals surface area contributed by atoms with E-state index in [2.05, 4.69) is 15.4 Å². The molecule has 0 aliphatic carbocycles. The number of nitrogens with one attached hydrogen (secondary N) is 2. The van der Waals surface area contributed by atoms with Crippen LogP contribution < -0.4 is 10.6 Å². The molecule has 0 aromatic carbocycles. The Kier molecular flexibility index (Phi) is 3.58. The number of thioether (sulfide) groups is 1. The number of methoxy groups -OCH3 is 1. The lowest BCUT2D eigenvalue weighted by Gasteiger charge is -2.15. The van der Waals surface area contributed by atoms with E-state index < -0.39 is 0 Å². The lowest BCUT2D eigenvalue weighted by atomic mass is 10.0. The second-order valence-corrected chi connectivity index (χ2v) is 5.36. The van der Waals surface area contributed by atoms with Crippen LogP contribution in [0, 0.1) is 0 Å². The molecule has 2 amide bonds. The highest BCUT2D eigenvalue weighted by Crippen LogP contribution is 2.32. The Balaban J connectivity index is 1.74. The maximum Gasteiger partial charge on any atom is 0.315 e. The highest BCUT2D eigenvalue weighted by atomic mass is 32.2. The van der Waals surface area contributed by atoms with Gasteiger partial charge in [-0.15, -0.1) is 0 Å². The van der Waals surface area contributed by atoms with Gasteiger partial charge in [0, 0.05) is 17.4 Å². The fraction of sp³-hybridized carbons (Fsp3) is 0.800. The lowest BCUT2D eigenvalue weighted by molar-refractivity contribution is -0.140. The van der Waals surface area contributed by atoms with Gasteiger partial charge in [0.25, 0.3) is 0 Å². The van der Waals surface area contributed by atoms with Gasteiger partial charge >= 0.3 is 12.0 Å². The minimum atomic E-state index is -0.159. The first kappa shape index (κ1) is 11.6. The van der Waals surface area contributed by atoms with E-state index in [1.807, 2.05) is 11.8 Å². The molecule has 0 aromatic heterocycles. The van der Waals surface area contributed by atoms with Crippen molar-refractivity contribution in [2.75, 3.05) is 12.9 Å². The second-order valence-electron chi connectivity index (χ2n) is 4.09. The standard InChI is InChI=1S/C10H16N2O3S/c1-15-8(13)4-2-3-7-9-6(5-16-7)11-10(14)12-9/h6-7,9H,2-5H2,1H3,(H2,11,12,14). The number of ether oxygens (including phenoxy) is 1. The highest BCUT2D eigenvalue weighted by molar-refractivity contribution is 8.00. The number of urea groups is 1. The van der Waals surface area contributed by atoms with Gasteiger partial charge in [-0.05, 0) is 12.8 Å². The Morgan fingerprint density at radius 2 is 2.38 bits per heavy atom. The Labute approximate surface area is 98.7 Å². The average molecular weight is 244 g/mol. The van der Waals surface area contributed by atoms with E-state index >= 15 is 0 Å². The fourth-order valence-corrected chi connectivity index (χ4v) is 3.74. The van der Waals surface area contributed by atoms with Gasteiger partial charge in [0.05, 0.1) is 19.2 Å². The molecule has 90 valence electrons. The number of esters is 1. The molecule has 2 rings (SSSR count). The van der Waals surface area contributed by atoms with E-state index in [1.54, 1.807) is 0 Å². The van der Waals surface area contributed by atoms with Crippen molar-refractivity contribution in [3.05, 3.63) is 0 Å². The minimum Gasteiger partial charge on any atom is -0.469 e. The molecule has 0 aromatic rings. The van der Waals surface area contributed by atoms with Gasteiger partial charge in [-0.25, -0.2) is 4.79 Å². The number of hydrogen-bond acceptors (Lipinski definition) is 4. The largest absolute Gasteiger partial charge is 0.469 e. The number of rotatable bonds is 4. The maximum atomic E-state index is 11.1. The van der Waals surface area contributed by atoms with Crippen molar-refractivity contribution in [2.24, 2.45) is 0 Å². The molecule has 0 radical (unpaired) electrons. The molecular formula is C10H16N2O3S. The Bertz CT molecular complexity index is 298. The summed E-state index contributed by atoms with van der Waals surface area (Å²) < 4.78 is 4.59. The van der Waals surface area contributed by atoms with Gasteiger partial charge in [0.15, 0.2) is 0 Å². The molecule has 5 nitrogen and oxygen atoms in total. The van der Waals surface area contributed by atoms with Gasteiger partial charge in [0.1, 0.15) is 0 Å². The maximum absolute atomic E-state index is 11.1. The first-order chi connectivity index (χ1) is 7.70. The summed E-state index contributed by atoms with van der Waals surface area (Å²) in [5.74, 6) is 0.805. The van der Waals surface area contributed by atoms with Crippen LogP contribution in [0.2, 0.25) is 0 Å². The molecule has 3 unspecified atom stereocenters. The third-order valence-corrected chi connectivity index (χ3v) is 4.54. The SMILES string of the molecule is COC(=O)CCCC1SCC2NC(=O)NC21. The lowest BCUT2D eigenvalue weighted by Crippen LogP contribution is -2.36. The minimum absolute atomic E-state index is 0.0618. The summed E-state index contributed by atoms with van der Waals surface area (Å²) in [6, 6.07) is 0.434. The van der Waals surface area contributed by atoms with E-state index in [4.69, 9.17) is 0 Å². The summed E-state index contributed by atoms with van der Waals surface area (Å²) in [6.45, 7) is 0. The molecule has 2 fully saturated rings. The van der Waals surface area contributed by atoms with Crippen molar-refractivity contribution in [3.63, 3.8) is 0 Å². The van der Waals surface area contributed by atoms with E-state index in [-0.39, 0.29) is 24.1 Å². The smallest absolute Gasteiger partial charge is 0.315 e. The zero-order chi connectivity index (χ0) is 11.5. The topological polar surface area (TPSA) is 67.4 Å². The molecule has 0 saturated carbocycles. The van der Waals surface area contributed by atoms with Crippen molar-refractivity contribution in [1.29, 1.82) is 0 Å². The highest BCUT2D eigenvalue weighted by Gasteiger charge is 2.42. The van der Waals surface area contributed by atoms with Gasteiger partial charge < -0.3 is 15.4 Å². The van der Waals surface area contributed by atoms with E-state index in [0.29, 0.717) is 11.7 Å². The van der Waals surface area contributed by atoms with Crippen LogP contribution in [0.1, 0.15) is 19.3 Å². The molecule has 3 atom stereocenters. The van der Waals surface area contributed by atoms with E-state index in [9.17, 15) is 9.59 Å². The second kappa shape index (κ2) is 4.95. The molecule has 16 heavy (non-hydrogen) atoms. The van der Waals surface area contributed by atoms with Crippen molar-refractivity contribution in [1.82, 2.24) is 10.6 Å². The first-order valence-electron chi connectivity index (χ1n) is 5.46. The quantitative estimate of drug-likeness (QED) is 0.558. The number of fused-ring (bicyclic) bond motifs is 1. The summed E-state index contributed by atoms with van der Waals surface area (Å²) in [5.41, 5.74) is 0. The van der Waals surface area contributed by atoms with E-state index in [1.165, 1.54) is 7.11 Å². The summed E-state index contributed by atoms with van der Waals surface area (Å²) in [4.78, 5) is 22.1. The predicted octanol–water partition coefficient (Wildman–Crippen LogP) is 0.495. The van der Waals surface area contributed by atoms with Crippen LogP contribution >= 0.6 is 11.8 Å². The number of carbonyl (C=O) groups excluding carboxylic acids is 2. The fourth-order valence-electron chi connectivity index (χ4n) is 2.19. The summed E-state index contributed by atoms with van der Waals surface area (Å²) in [6.07, 6.45) is 2.23. The van der Waals surface area contributed by atoms with Crippen LogP contribution in [-0.2, 0) is 9.53 Å². The molecule has 2 aliphatic rings. The number of amides is 2. The van der Waals surface area contributed by atoms with Crippen LogP contribution in [-0.4, -0.2) is 42.2 Å². The van der Waals surface area contributed by atoms with Crippen molar-refractivity contribution >= 4 is 23.8 Å². The van der Waals surface area contributed by atoms with E-state index in [0.717, 1.165) is 18.6 Å². The monoisotopic (exact) mass is 244 g/mol. The molecule has 2 N–H and O–H groups in total. The van der Waals surface area contributed by atoms with Gasteiger partial charge in [-0.1, -0.05) is 0 Å². The van der Waals surface area contributed by atoms with Crippen molar-refractivity contribution < 1.29 is 14.3 Å². The van der Waals surface area contributed by atoms with Crippen LogP contribution in [0.3, 0.4) is 0 Å². The average Bonchev–Trinajstić information content (AvgIpc) is 2.78. The van der Waals surface area contributed by atoms with Gasteiger partial charge in [-0.2, -0.15) is 11.8 Å². The summed E-state index contributed by atoms with van der Waals surface area (Å²) >= 11 is 1.87. The molecular weight excluding hydrogens is 228 g/mol. The Hall–Kier alpha value is -0.910. The molecule has 0 bridgehead atoms. The zero-order valence-electron chi connectivity index (χ0n) is 9.19. The van der Waals surface area contributed by atoms with Gasteiger partial charge in [-0.3, -0.25) is 4.79 Å². The van der Waals surface area contributed by atoms with Crippen LogP contribution in [0.5, 0.6) is 0 Å². The summed E-state index contributed by atoms with van der Waals surface area (Å²) in [7, 11) is 1.41. The number of hydrogen-bond donors (Lipinski definition) is 2. The molecule has 2 heterocycles.